The van der Waals surface area contributed by atoms with Crippen LogP contribution in [0.15, 0.2) is 36.4 Å². The summed E-state index contributed by atoms with van der Waals surface area (Å²) in [6.07, 6.45) is 7.07. The van der Waals surface area contributed by atoms with Crippen LogP contribution in [0.3, 0.4) is 0 Å². The number of nitrogens with zero attached hydrogens (tertiary/aromatic N) is 1. The summed E-state index contributed by atoms with van der Waals surface area (Å²) in [6.45, 7) is 18.5. The Labute approximate surface area is 195 Å². The number of benzene rings is 1. The van der Waals surface area contributed by atoms with Crippen molar-refractivity contribution in [2.75, 3.05) is 0 Å². The maximum absolute atomic E-state index is 13.1. The molecule has 0 bridgehead atoms. The van der Waals surface area contributed by atoms with E-state index in [2.05, 4.69) is 79.7 Å². The second-order valence-electron chi connectivity index (χ2n) is 12.0. The number of hydrogen-bond donors (Lipinski definition) is 0. The van der Waals surface area contributed by atoms with Gasteiger partial charge in [0.15, 0.2) is 0 Å². The fourth-order valence-corrected chi connectivity index (χ4v) is 7.31. The third-order valence-corrected chi connectivity index (χ3v) is 7.41. The van der Waals surface area contributed by atoms with Gasteiger partial charge in [0.25, 0.3) is 11.8 Å². The lowest BCUT2D eigenvalue weighted by molar-refractivity contribution is -0.146. The van der Waals surface area contributed by atoms with Crippen LogP contribution in [0.25, 0.3) is 0 Å². The zero-order chi connectivity index (χ0) is 23.8. The number of carbonyl (C=O) groups is 2. The highest BCUT2D eigenvalue weighted by molar-refractivity contribution is 6.13. The van der Waals surface area contributed by atoms with Gasteiger partial charge in [-0.1, -0.05) is 79.7 Å². The number of imide groups is 1. The Morgan fingerprint density at radius 1 is 0.719 bits per heavy atom. The molecule has 3 heteroatoms. The molecule has 1 aromatic carbocycles. The largest absolute Gasteiger partial charge is 0.269 e. The quantitative estimate of drug-likeness (QED) is 0.387. The van der Waals surface area contributed by atoms with E-state index in [1.807, 2.05) is 0 Å². The normalized spacial score (nSPS) is 21.6. The predicted molar refractivity (Wildman–Crippen MR) is 132 cm³/mol. The fourth-order valence-electron chi connectivity index (χ4n) is 7.31. The lowest BCUT2D eigenvalue weighted by Gasteiger charge is -2.54. The van der Waals surface area contributed by atoms with E-state index in [1.54, 1.807) is 4.90 Å². The second kappa shape index (κ2) is 9.15. The molecule has 1 aromatic rings. The van der Waals surface area contributed by atoms with Crippen molar-refractivity contribution in [3.05, 3.63) is 47.5 Å². The zero-order valence-electron chi connectivity index (χ0n) is 21.4. The van der Waals surface area contributed by atoms with Crippen LogP contribution in [0.1, 0.15) is 98.2 Å². The van der Waals surface area contributed by atoms with Crippen LogP contribution in [0, 0.1) is 29.1 Å². The topological polar surface area (TPSA) is 37.4 Å². The molecule has 0 aromatic heterocycles. The van der Waals surface area contributed by atoms with Crippen molar-refractivity contribution in [2.24, 2.45) is 29.1 Å². The standard InChI is InChI=1S/C29H43NO2/c1-19(2)15-28(16-20(3)4)24-12-10-9-11-23(24)27(30-25(31)13-14-26(30)32)29(28,17-21(5)6)18-22(7)8/h9-14,19-22,27H,15-18H2,1-8H3/t27-/m1/s1. The highest BCUT2D eigenvalue weighted by atomic mass is 16.2. The SMILES string of the molecule is CC(C)CC1(CC(C)C)c2ccccc2[C@@H](N2C(=O)C=CC2=O)C1(CC(C)C)CC(C)C. The first kappa shape index (κ1) is 24.7. The lowest BCUT2D eigenvalue weighted by Crippen LogP contribution is -2.53. The number of amides is 2. The molecule has 0 N–H and O–H groups in total. The first-order chi connectivity index (χ1) is 14.9. The summed E-state index contributed by atoms with van der Waals surface area (Å²) in [6, 6.07) is 8.51. The summed E-state index contributed by atoms with van der Waals surface area (Å²) in [5, 5.41) is 0. The van der Waals surface area contributed by atoms with Crippen LogP contribution >= 0.6 is 0 Å². The van der Waals surface area contributed by atoms with Crippen LogP contribution in [-0.4, -0.2) is 16.7 Å². The third kappa shape index (κ3) is 4.08. The van der Waals surface area contributed by atoms with Gasteiger partial charge in [-0.05, 0) is 60.5 Å². The summed E-state index contributed by atoms with van der Waals surface area (Å²) in [5.74, 6) is 1.65. The number of fused-ring (bicyclic) bond motifs is 1. The van der Waals surface area contributed by atoms with E-state index < -0.39 is 0 Å². The van der Waals surface area contributed by atoms with Crippen molar-refractivity contribution in [2.45, 2.75) is 92.5 Å². The molecule has 2 aliphatic rings. The van der Waals surface area contributed by atoms with E-state index in [1.165, 1.54) is 23.3 Å². The Morgan fingerprint density at radius 2 is 1.16 bits per heavy atom. The van der Waals surface area contributed by atoms with Gasteiger partial charge in [-0.15, -0.1) is 0 Å². The molecule has 3 nitrogen and oxygen atoms in total. The molecule has 0 saturated heterocycles. The van der Waals surface area contributed by atoms with Crippen molar-refractivity contribution in [1.29, 1.82) is 0 Å². The molecule has 0 saturated carbocycles. The van der Waals surface area contributed by atoms with Crippen molar-refractivity contribution >= 4 is 11.8 Å². The van der Waals surface area contributed by atoms with Gasteiger partial charge in [-0.25, -0.2) is 0 Å². The van der Waals surface area contributed by atoms with Crippen LogP contribution in [0.5, 0.6) is 0 Å². The molecule has 1 aliphatic carbocycles. The average molecular weight is 438 g/mol. The summed E-state index contributed by atoms with van der Waals surface area (Å²) in [4.78, 5) is 27.8. The minimum atomic E-state index is -0.212. The molecule has 2 amide bonds. The molecule has 32 heavy (non-hydrogen) atoms. The van der Waals surface area contributed by atoms with Crippen molar-refractivity contribution in [3.63, 3.8) is 0 Å². The number of carbonyl (C=O) groups excluding carboxylic acids is 2. The van der Waals surface area contributed by atoms with Gasteiger partial charge in [-0.3, -0.25) is 14.5 Å². The van der Waals surface area contributed by atoms with E-state index in [9.17, 15) is 9.59 Å². The lowest BCUT2D eigenvalue weighted by atomic mass is 9.51. The maximum atomic E-state index is 13.1. The second-order valence-corrected chi connectivity index (χ2v) is 12.0. The van der Waals surface area contributed by atoms with Crippen LogP contribution in [0.2, 0.25) is 0 Å². The summed E-state index contributed by atoms with van der Waals surface area (Å²) in [7, 11) is 0. The Hall–Kier alpha value is -1.90. The van der Waals surface area contributed by atoms with E-state index in [0.717, 1.165) is 25.7 Å². The van der Waals surface area contributed by atoms with Crippen LogP contribution in [0.4, 0.5) is 0 Å². The Bertz CT molecular complexity index is 839. The van der Waals surface area contributed by atoms with Crippen molar-refractivity contribution < 1.29 is 9.59 Å². The highest BCUT2D eigenvalue weighted by Gasteiger charge is 2.64. The Balaban J connectivity index is 2.41. The molecule has 3 rings (SSSR count). The van der Waals surface area contributed by atoms with E-state index in [4.69, 9.17) is 0 Å². The molecule has 176 valence electrons. The first-order valence-corrected chi connectivity index (χ1v) is 12.6. The van der Waals surface area contributed by atoms with Crippen molar-refractivity contribution in [1.82, 2.24) is 4.90 Å². The van der Waals surface area contributed by atoms with Gasteiger partial charge in [0.1, 0.15) is 0 Å². The summed E-state index contributed by atoms with van der Waals surface area (Å²) < 4.78 is 0. The number of rotatable bonds is 9. The highest BCUT2D eigenvalue weighted by Crippen LogP contribution is 2.69. The molecular formula is C29H43NO2. The molecule has 0 radical (unpaired) electrons. The van der Waals surface area contributed by atoms with Gasteiger partial charge in [-0.2, -0.15) is 0 Å². The molecule has 1 aliphatic heterocycles. The predicted octanol–water partition coefficient (Wildman–Crippen LogP) is 7.07. The smallest absolute Gasteiger partial charge is 0.254 e. The maximum Gasteiger partial charge on any atom is 0.254 e. The molecule has 0 spiro atoms. The molecule has 1 heterocycles. The van der Waals surface area contributed by atoms with Gasteiger partial charge in [0, 0.05) is 23.0 Å². The monoisotopic (exact) mass is 437 g/mol. The van der Waals surface area contributed by atoms with Crippen molar-refractivity contribution in [3.8, 4) is 0 Å². The zero-order valence-corrected chi connectivity index (χ0v) is 21.4. The van der Waals surface area contributed by atoms with Gasteiger partial charge >= 0.3 is 0 Å². The molecule has 0 unspecified atom stereocenters. The van der Waals surface area contributed by atoms with E-state index >= 15 is 0 Å². The summed E-state index contributed by atoms with van der Waals surface area (Å²) in [5.41, 5.74) is 2.31. The fraction of sp³-hybridized carbons (Fsp3) is 0.655. The minimum absolute atomic E-state index is 0.0751. The summed E-state index contributed by atoms with van der Waals surface area (Å²) >= 11 is 0. The van der Waals surface area contributed by atoms with Gasteiger partial charge in [0.2, 0.25) is 0 Å². The van der Waals surface area contributed by atoms with Gasteiger partial charge in [0.05, 0.1) is 6.04 Å². The molecule has 0 fully saturated rings. The van der Waals surface area contributed by atoms with E-state index in [0.29, 0.717) is 23.7 Å². The van der Waals surface area contributed by atoms with Crippen LogP contribution in [-0.2, 0) is 15.0 Å². The number of hydrogen-bond acceptors (Lipinski definition) is 2. The first-order valence-electron chi connectivity index (χ1n) is 12.6. The average Bonchev–Trinajstić information content (AvgIpc) is 3.07. The van der Waals surface area contributed by atoms with Crippen LogP contribution < -0.4 is 0 Å². The minimum Gasteiger partial charge on any atom is -0.269 e. The van der Waals surface area contributed by atoms with E-state index in [-0.39, 0.29) is 28.7 Å². The third-order valence-electron chi connectivity index (χ3n) is 7.41. The Morgan fingerprint density at radius 3 is 1.59 bits per heavy atom. The molecule has 1 atom stereocenters. The molecular weight excluding hydrogens is 394 g/mol. The van der Waals surface area contributed by atoms with Gasteiger partial charge < -0.3 is 0 Å². The Kier molecular flexibility index (Phi) is 7.08.